The third kappa shape index (κ3) is 6.41. The Balaban J connectivity index is 0.964. The average molecular weight is 898 g/mol. The standard InChI is InChI=1S/C63H39N5S/c1-4-15-40(16-5-1)42-27-31-44(32-28-42)61-64-62(45-33-29-43(30-34-45)41-17-6-2-7-18-41)66-63(65-61)46-19-14-22-48(39-46)68-56-26-13-11-24-50(56)52-36-38-54-53-37-35-51-49-23-10-12-25-55(49)67(47-20-8-3-9-21-47)57(51)59(53)69-60(54)58(52)68/h1-39H. The van der Waals surface area contributed by atoms with E-state index in [4.69, 9.17) is 15.0 Å². The van der Waals surface area contributed by atoms with Gasteiger partial charge in [-0.3, -0.25) is 0 Å². The molecule has 5 nitrogen and oxygen atoms in total. The molecule has 0 bridgehead atoms. The maximum Gasteiger partial charge on any atom is 0.164 e. The van der Waals surface area contributed by atoms with Crippen molar-refractivity contribution < 1.29 is 0 Å². The van der Waals surface area contributed by atoms with Crippen LogP contribution >= 0.6 is 11.3 Å². The highest BCUT2D eigenvalue weighted by Crippen LogP contribution is 2.47. The molecule has 10 aromatic carbocycles. The van der Waals surface area contributed by atoms with Crippen molar-refractivity contribution >= 4 is 75.1 Å². The number of aromatic nitrogens is 5. The molecule has 0 atom stereocenters. The summed E-state index contributed by atoms with van der Waals surface area (Å²) in [4.78, 5) is 15.6. The van der Waals surface area contributed by atoms with Gasteiger partial charge in [0, 0.05) is 60.4 Å². The van der Waals surface area contributed by atoms with Crippen LogP contribution in [0.4, 0.5) is 0 Å². The van der Waals surface area contributed by atoms with E-state index in [2.05, 4.69) is 234 Å². The van der Waals surface area contributed by atoms with Crippen LogP contribution in [0.15, 0.2) is 237 Å². The highest BCUT2D eigenvalue weighted by molar-refractivity contribution is 7.27. The van der Waals surface area contributed by atoms with Gasteiger partial charge in [0.2, 0.25) is 0 Å². The van der Waals surface area contributed by atoms with Crippen LogP contribution in [0.1, 0.15) is 0 Å². The number of fused-ring (bicyclic) bond motifs is 11. The predicted molar refractivity (Wildman–Crippen MR) is 289 cm³/mol. The highest BCUT2D eigenvalue weighted by atomic mass is 32.1. The molecule has 4 aromatic heterocycles. The molecule has 14 rings (SSSR count). The number of para-hydroxylation sites is 3. The van der Waals surface area contributed by atoms with Crippen molar-refractivity contribution in [3.8, 4) is 67.8 Å². The lowest BCUT2D eigenvalue weighted by atomic mass is 10.0. The Morgan fingerprint density at radius 2 is 0.623 bits per heavy atom. The Hall–Kier alpha value is -8.97. The monoisotopic (exact) mass is 897 g/mol. The van der Waals surface area contributed by atoms with Crippen LogP contribution in [0.25, 0.3) is 132 Å². The van der Waals surface area contributed by atoms with Crippen molar-refractivity contribution in [2.45, 2.75) is 0 Å². The van der Waals surface area contributed by atoms with Gasteiger partial charge in [0.05, 0.1) is 31.5 Å². The highest BCUT2D eigenvalue weighted by Gasteiger charge is 2.22. The normalized spacial score (nSPS) is 11.8. The largest absolute Gasteiger partial charge is 0.308 e. The first-order valence-corrected chi connectivity index (χ1v) is 24.1. The summed E-state index contributed by atoms with van der Waals surface area (Å²) in [6.45, 7) is 0. The van der Waals surface area contributed by atoms with Gasteiger partial charge < -0.3 is 9.13 Å². The fourth-order valence-electron chi connectivity index (χ4n) is 10.3. The van der Waals surface area contributed by atoms with Gasteiger partial charge in [-0.1, -0.05) is 200 Å². The van der Waals surface area contributed by atoms with Crippen LogP contribution in [0.5, 0.6) is 0 Å². The number of rotatable bonds is 7. The van der Waals surface area contributed by atoms with Crippen molar-refractivity contribution in [2.75, 3.05) is 0 Å². The van der Waals surface area contributed by atoms with Crippen LogP contribution in [0.3, 0.4) is 0 Å². The summed E-state index contributed by atoms with van der Waals surface area (Å²) in [6.07, 6.45) is 0. The number of thiophene rings is 1. The Bertz CT molecular complexity index is 4170. The topological polar surface area (TPSA) is 48.5 Å². The summed E-state index contributed by atoms with van der Waals surface area (Å²) in [5, 5.41) is 7.45. The first kappa shape index (κ1) is 39.2. The van der Waals surface area contributed by atoms with E-state index >= 15 is 0 Å². The molecule has 0 spiro atoms. The van der Waals surface area contributed by atoms with E-state index in [0.29, 0.717) is 17.5 Å². The van der Waals surface area contributed by atoms with Gasteiger partial charge in [0.15, 0.2) is 17.5 Å². The molecule has 0 unspecified atom stereocenters. The van der Waals surface area contributed by atoms with Crippen LogP contribution in [-0.2, 0) is 0 Å². The Kier molecular flexibility index (Phi) is 9.00. The van der Waals surface area contributed by atoms with Gasteiger partial charge in [-0.25, -0.2) is 15.0 Å². The zero-order valence-corrected chi connectivity index (χ0v) is 38.0. The molecular weight excluding hydrogens is 859 g/mol. The molecule has 4 heterocycles. The van der Waals surface area contributed by atoms with E-state index in [-0.39, 0.29) is 0 Å². The van der Waals surface area contributed by atoms with Crippen molar-refractivity contribution in [1.82, 2.24) is 24.1 Å². The fourth-order valence-corrected chi connectivity index (χ4v) is 11.7. The molecule has 0 saturated carbocycles. The Labute approximate surface area is 401 Å². The van der Waals surface area contributed by atoms with Gasteiger partial charge in [0.25, 0.3) is 0 Å². The van der Waals surface area contributed by atoms with E-state index < -0.39 is 0 Å². The lowest BCUT2D eigenvalue weighted by Crippen LogP contribution is -2.01. The van der Waals surface area contributed by atoms with E-state index in [9.17, 15) is 0 Å². The van der Waals surface area contributed by atoms with Gasteiger partial charge in [-0.05, 0) is 58.7 Å². The van der Waals surface area contributed by atoms with E-state index in [1.54, 1.807) is 0 Å². The van der Waals surface area contributed by atoms with Crippen molar-refractivity contribution in [1.29, 1.82) is 0 Å². The summed E-state index contributed by atoms with van der Waals surface area (Å²) in [5.41, 5.74) is 14.3. The molecule has 0 radical (unpaired) electrons. The summed E-state index contributed by atoms with van der Waals surface area (Å²) in [7, 11) is 0. The maximum absolute atomic E-state index is 5.24. The molecule has 322 valence electrons. The molecule has 14 aromatic rings. The quantitative estimate of drug-likeness (QED) is 0.160. The number of benzene rings is 10. The molecule has 0 aliphatic rings. The Morgan fingerprint density at radius 1 is 0.261 bits per heavy atom. The van der Waals surface area contributed by atoms with Crippen LogP contribution in [-0.4, -0.2) is 24.1 Å². The second-order valence-corrected chi connectivity index (χ2v) is 18.6. The number of nitrogens with zero attached hydrogens (tertiary/aromatic N) is 5. The minimum atomic E-state index is 0.611. The first-order valence-electron chi connectivity index (χ1n) is 23.3. The summed E-state index contributed by atoms with van der Waals surface area (Å²) < 4.78 is 7.43. The second kappa shape index (κ2) is 15.8. The zero-order valence-electron chi connectivity index (χ0n) is 37.2. The van der Waals surface area contributed by atoms with Crippen molar-refractivity contribution in [3.05, 3.63) is 237 Å². The van der Waals surface area contributed by atoms with Crippen molar-refractivity contribution in [3.63, 3.8) is 0 Å². The summed E-state index contributed by atoms with van der Waals surface area (Å²) in [6, 6.07) is 84.2. The van der Waals surface area contributed by atoms with E-state index in [0.717, 1.165) is 55.8 Å². The van der Waals surface area contributed by atoms with Gasteiger partial charge in [-0.15, -0.1) is 11.3 Å². The first-order chi connectivity index (χ1) is 34.2. The van der Waals surface area contributed by atoms with Crippen molar-refractivity contribution in [2.24, 2.45) is 0 Å². The molecule has 0 amide bonds. The average Bonchev–Trinajstić information content (AvgIpc) is 4.10. The van der Waals surface area contributed by atoms with Crippen LogP contribution in [0.2, 0.25) is 0 Å². The van der Waals surface area contributed by atoms with Gasteiger partial charge in [0.1, 0.15) is 0 Å². The summed E-state index contributed by atoms with van der Waals surface area (Å²) >= 11 is 1.89. The second-order valence-electron chi connectivity index (χ2n) is 17.6. The minimum absolute atomic E-state index is 0.611. The van der Waals surface area contributed by atoms with E-state index in [1.807, 2.05) is 23.5 Å². The third-order valence-electron chi connectivity index (χ3n) is 13.6. The molecule has 0 fully saturated rings. The lowest BCUT2D eigenvalue weighted by Gasteiger charge is -2.12. The van der Waals surface area contributed by atoms with Crippen LogP contribution in [0, 0.1) is 0 Å². The maximum atomic E-state index is 5.24. The van der Waals surface area contributed by atoms with Gasteiger partial charge >= 0.3 is 0 Å². The predicted octanol–water partition coefficient (Wildman–Crippen LogP) is 16.8. The molecule has 0 N–H and O–H groups in total. The number of hydrogen-bond acceptors (Lipinski definition) is 4. The SMILES string of the molecule is c1ccc(-c2ccc(-c3nc(-c4ccc(-c5ccccc5)cc4)nc(-c4cccc(-n5c6ccccc6c6ccc7c8ccc9c%10ccccc%10n(-c%10ccccc%10)c9c8sc7c65)c4)n3)cc2)cc1. The third-order valence-corrected chi connectivity index (χ3v) is 14.8. The summed E-state index contributed by atoms with van der Waals surface area (Å²) in [5.74, 6) is 1.85. The number of hydrogen-bond donors (Lipinski definition) is 0. The molecule has 0 aliphatic heterocycles. The molecule has 0 saturated heterocycles. The Morgan fingerprint density at radius 3 is 1.13 bits per heavy atom. The lowest BCUT2D eigenvalue weighted by molar-refractivity contribution is 1.07. The van der Waals surface area contributed by atoms with E-state index in [1.165, 1.54) is 58.3 Å². The zero-order chi connectivity index (χ0) is 45.4. The van der Waals surface area contributed by atoms with Gasteiger partial charge in [-0.2, -0.15) is 0 Å². The smallest absolute Gasteiger partial charge is 0.164 e. The molecular formula is C63H39N5S. The molecule has 6 heteroatoms. The fraction of sp³-hybridized carbons (Fsp3) is 0. The van der Waals surface area contributed by atoms with Crippen LogP contribution < -0.4 is 0 Å². The molecule has 69 heavy (non-hydrogen) atoms. The molecule has 0 aliphatic carbocycles. The minimum Gasteiger partial charge on any atom is -0.308 e.